The molecule has 0 fully saturated rings. The Bertz CT molecular complexity index is 2650. The number of rotatable bonds is 6. The average Bonchev–Trinajstić information content (AvgIpc) is 3.55. The molecule has 267 valence electrons. The fraction of sp³-hybridized carbons (Fsp3) is 0.149. The number of aryl methyl sites for hydroxylation is 1. The molecule has 3 nitrogen and oxygen atoms in total. The molecule has 0 aliphatic heterocycles. The third kappa shape index (κ3) is 8.47. The zero-order valence-corrected chi connectivity index (χ0v) is 33.6. The second kappa shape index (κ2) is 15.9. The van der Waals surface area contributed by atoms with Crippen molar-refractivity contribution in [2.75, 3.05) is 0 Å². The second-order valence-electron chi connectivity index (χ2n) is 14.1. The number of fused-ring (bicyclic) bond motifs is 3. The number of aromatic nitrogens is 2. The normalized spacial score (nSPS) is 12.9. The van der Waals surface area contributed by atoms with E-state index in [1.165, 1.54) is 17.3 Å². The first-order chi connectivity index (χ1) is 26.5. The monoisotopic (exact) mass is 893 g/mol. The Hall–Kier alpha value is -5.00. The van der Waals surface area contributed by atoms with Gasteiger partial charge in [0.05, 0.1) is 13.7 Å². The molecular formula is C47H41FIrN2OSi-2. The summed E-state index contributed by atoms with van der Waals surface area (Å²) in [6, 6.07) is 43.9. The van der Waals surface area contributed by atoms with E-state index in [0.29, 0.717) is 16.7 Å². The Kier molecular flexibility index (Phi) is 9.81. The standard InChI is InChI=1S/C26H19FNO.C21H22NSi.Ir/c1-16(2)18-11-12-28-24(14-18)20-5-9-22-23-13-19(17-3-7-21(27)8-4-17)6-10-25(23)29-26(22)15-20;1-16-10-11-18(14-20(16)17-8-6-5-7-9-17)21-13-12-19(15-22-21)23(2,3)4;/h3-14,16H,1-2H3;5-10,12-15H,1-4H3;/q2*-1;/i16D;1D3;. The molecule has 0 aliphatic carbocycles. The van der Waals surface area contributed by atoms with E-state index in [1.807, 2.05) is 98.9 Å². The molecule has 3 heterocycles. The second-order valence-corrected chi connectivity index (χ2v) is 19.2. The van der Waals surface area contributed by atoms with Gasteiger partial charge in [0.25, 0.3) is 0 Å². The third-order valence-corrected chi connectivity index (χ3v) is 11.2. The summed E-state index contributed by atoms with van der Waals surface area (Å²) < 4.78 is 51.1. The van der Waals surface area contributed by atoms with Crippen LogP contribution in [0.5, 0.6) is 0 Å². The van der Waals surface area contributed by atoms with E-state index in [0.717, 1.165) is 61.1 Å². The van der Waals surface area contributed by atoms with Gasteiger partial charge in [-0.1, -0.05) is 136 Å². The molecule has 3 aromatic heterocycles. The Morgan fingerprint density at radius 2 is 1.53 bits per heavy atom. The molecule has 8 aromatic rings. The largest absolute Gasteiger partial charge is 0.477 e. The number of pyridine rings is 2. The molecule has 0 unspecified atom stereocenters. The summed E-state index contributed by atoms with van der Waals surface area (Å²) in [6.07, 6.45) is 3.67. The minimum Gasteiger partial charge on any atom is -0.477 e. The maximum Gasteiger partial charge on any atom is 0.123 e. The van der Waals surface area contributed by atoms with E-state index in [4.69, 9.17) is 9.90 Å². The van der Waals surface area contributed by atoms with Crippen molar-refractivity contribution in [1.29, 1.82) is 0 Å². The predicted octanol–water partition coefficient (Wildman–Crippen LogP) is 12.4. The van der Waals surface area contributed by atoms with Crippen LogP contribution in [0.15, 0.2) is 138 Å². The van der Waals surface area contributed by atoms with E-state index in [9.17, 15) is 4.39 Å². The van der Waals surface area contributed by atoms with Crippen LogP contribution in [0, 0.1) is 24.8 Å². The molecule has 53 heavy (non-hydrogen) atoms. The summed E-state index contributed by atoms with van der Waals surface area (Å²) in [6.45, 7) is 8.39. The first-order valence-corrected chi connectivity index (χ1v) is 20.7. The van der Waals surface area contributed by atoms with E-state index in [1.54, 1.807) is 24.4 Å². The van der Waals surface area contributed by atoms with E-state index >= 15 is 0 Å². The molecule has 6 heteroatoms. The van der Waals surface area contributed by atoms with Gasteiger partial charge in [0.2, 0.25) is 0 Å². The molecule has 0 N–H and O–H groups in total. The summed E-state index contributed by atoms with van der Waals surface area (Å²) in [5.41, 5.74) is 9.39. The smallest absolute Gasteiger partial charge is 0.123 e. The van der Waals surface area contributed by atoms with Crippen molar-refractivity contribution in [1.82, 2.24) is 9.97 Å². The number of nitrogens with zero attached hydrogens (tertiary/aromatic N) is 2. The summed E-state index contributed by atoms with van der Waals surface area (Å²) in [4.78, 5) is 9.06. The van der Waals surface area contributed by atoms with Crippen LogP contribution in [0.1, 0.15) is 36.4 Å². The van der Waals surface area contributed by atoms with Gasteiger partial charge >= 0.3 is 0 Å². The van der Waals surface area contributed by atoms with Gasteiger partial charge in [-0.15, -0.1) is 47.0 Å². The molecule has 0 spiro atoms. The molecule has 0 atom stereocenters. The van der Waals surface area contributed by atoms with Gasteiger partial charge in [0, 0.05) is 38.0 Å². The van der Waals surface area contributed by atoms with Crippen LogP contribution in [-0.2, 0) is 20.1 Å². The number of hydrogen-bond acceptors (Lipinski definition) is 3. The maximum atomic E-state index is 13.2. The van der Waals surface area contributed by atoms with Crippen LogP contribution in [0.2, 0.25) is 19.6 Å². The Morgan fingerprint density at radius 3 is 2.23 bits per heavy atom. The Morgan fingerprint density at radius 1 is 0.755 bits per heavy atom. The van der Waals surface area contributed by atoms with Crippen LogP contribution in [0.25, 0.3) is 66.7 Å². The first-order valence-electron chi connectivity index (χ1n) is 19.2. The van der Waals surface area contributed by atoms with Gasteiger partial charge in [-0.25, -0.2) is 4.39 Å². The molecule has 0 amide bonds. The summed E-state index contributed by atoms with van der Waals surface area (Å²) in [7, 11) is -1.40. The SMILES string of the molecule is [2H]C(C)(C)c1ccnc(-c2[c-]c3oc4ccc(-c5ccc(F)cc5)cc4c3cc2)c1.[2H]C([2H])([2H])c1c[c-]c(-c2ccc([Si](C)(C)C)cn2)cc1-c1ccccc1.[Ir]. The first kappa shape index (κ1) is 32.6. The number of halogens is 1. The van der Waals surface area contributed by atoms with E-state index in [2.05, 4.69) is 53.9 Å². The molecule has 5 aromatic carbocycles. The van der Waals surface area contributed by atoms with Gasteiger partial charge in [-0.05, 0) is 68.8 Å². The zero-order valence-electron chi connectivity index (χ0n) is 34.2. The number of hydrogen-bond donors (Lipinski definition) is 0. The van der Waals surface area contributed by atoms with Crippen molar-refractivity contribution in [3.05, 3.63) is 163 Å². The fourth-order valence-corrected chi connectivity index (χ4v) is 7.09. The summed E-state index contributed by atoms with van der Waals surface area (Å²) >= 11 is 0. The molecule has 0 saturated heterocycles. The molecule has 1 radical (unpaired) electrons. The van der Waals surface area contributed by atoms with Crippen molar-refractivity contribution in [3.63, 3.8) is 0 Å². The minimum absolute atomic E-state index is 0. The van der Waals surface area contributed by atoms with E-state index in [-0.39, 0.29) is 25.9 Å². The topological polar surface area (TPSA) is 38.9 Å². The predicted molar refractivity (Wildman–Crippen MR) is 217 cm³/mol. The molecule has 0 bridgehead atoms. The zero-order chi connectivity index (χ0) is 39.8. The van der Waals surface area contributed by atoms with Gasteiger partial charge in [0.15, 0.2) is 0 Å². The van der Waals surface area contributed by atoms with Gasteiger partial charge in [-0.2, -0.15) is 0 Å². The Balaban J connectivity index is 0.000000192. The van der Waals surface area contributed by atoms with Crippen LogP contribution < -0.4 is 5.19 Å². The third-order valence-electron chi connectivity index (χ3n) is 9.12. The van der Waals surface area contributed by atoms with Crippen molar-refractivity contribution < 1.29 is 34.4 Å². The van der Waals surface area contributed by atoms with Crippen LogP contribution in [0.3, 0.4) is 0 Å². The van der Waals surface area contributed by atoms with E-state index < -0.39 is 20.8 Å². The van der Waals surface area contributed by atoms with Gasteiger partial charge in [-0.3, -0.25) is 0 Å². The molecular weight excluding hydrogens is 848 g/mol. The number of benzene rings is 5. The average molecular weight is 893 g/mol. The molecule has 0 aliphatic rings. The van der Waals surface area contributed by atoms with Gasteiger partial charge < -0.3 is 14.4 Å². The van der Waals surface area contributed by atoms with Crippen molar-refractivity contribution >= 4 is 35.2 Å². The van der Waals surface area contributed by atoms with Crippen LogP contribution >= 0.6 is 0 Å². The minimum atomic E-state index is -2.19. The summed E-state index contributed by atoms with van der Waals surface area (Å²) in [5.74, 6) is -0.944. The quantitative estimate of drug-likeness (QED) is 0.123. The molecule has 0 saturated carbocycles. The summed E-state index contributed by atoms with van der Waals surface area (Å²) in [5, 5.41) is 3.25. The maximum absolute atomic E-state index is 13.2. The Labute approximate surface area is 332 Å². The molecule has 8 rings (SSSR count). The fourth-order valence-electron chi connectivity index (χ4n) is 6.06. The van der Waals surface area contributed by atoms with Crippen molar-refractivity contribution in [2.45, 2.75) is 46.2 Å². The van der Waals surface area contributed by atoms with Crippen molar-refractivity contribution in [2.24, 2.45) is 0 Å². The van der Waals surface area contributed by atoms with Crippen LogP contribution in [0.4, 0.5) is 4.39 Å². The van der Waals surface area contributed by atoms with Crippen LogP contribution in [-0.4, -0.2) is 18.0 Å². The van der Waals surface area contributed by atoms with Gasteiger partial charge in [0.1, 0.15) is 11.4 Å². The number of furan rings is 1. The van der Waals surface area contributed by atoms with Crippen molar-refractivity contribution in [3.8, 4) is 44.8 Å².